The fourth-order valence-corrected chi connectivity index (χ4v) is 18.9. The topological polar surface area (TPSA) is 29.5 Å². The molecule has 102 heavy (non-hydrogen) atoms. The third-order valence-electron chi connectivity index (χ3n) is 22.0. The van der Waals surface area contributed by atoms with Gasteiger partial charge in [0.1, 0.15) is 5.75 Å². The van der Waals surface area contributed by atoms with Crippen molar-refractivity contribution in [2.45, 2.75) is 21.7 Å². The van der Waals surface area contributed by atoms with Crippen LogP contribution >= 0.6 is 34.8 Å². The van der Waals surface area contributed by atoms with E-state index in [1.807, 2.05) is 36.4 Å². The molecule has 0 amide bonds. The van der Waals surface area contributed by atoms with Gasteiger partial charge >= 0.3 is 7.69 Å². The summed E-state index contributed by atoms with van der Waals surface area (Å²) in [6.07, 6.45) is 0. The Morgan fingerprint density at radius 3 is 0.931 bits per heavy atom. The molecule has 6 heteroatoms. The van der Waals surface area contributed by atoms with Crippen molar-refractivity contribution in [3.63, 3.8) is 0 Å². The number of hydrogen-bond acceptors (Lipinski definition) is 2. The molecular weight excluding hydrogens is 1300 g/mol. The Kier molecular flexibility index (Phi) is 15.7. The van der Waals surface area contributed by atoms with E-state index in [1.54, 1.807) is 12.1 Å². The van der Waals surface area contributed by atoms with E-state index in [-0.39, 0.29) is 0 Å². The van der Waals surface area contributed by atoms with E-state index in [2.05, 4.69) is 328 Å². The van der Waals surface area contributed by atoms with Crippen molar-refractivity contribution in [2.24, 2.45) is 0 Å². The van der Waals surface area contributed by atoms with Gasteiger partial charge in [-0.1, -0.05) is 375 Å². The highest BCUT2D eigenvalue weighted by atomic mass is 35.5. The standard InChI is InChI=1S/C48H31Cl.C38H25Cl.C10H7BClO2/c49-46-30-29-35(36-19-7-8-21-39(36)46)32-27-28-38-37-20-9-10-22-40(37)48(45(38)31-32)43-25-13-11-23-41(43)47(33-15-3-1-4-16-33,34-17-5-2-6-18-34)42-24-12-14-26-44(42)48;39-28-23-24-30-29-17-7-8-18-31(29)38(36(30)25-28)34-21-11-9-19-32(34)37(26-13-3-1-4-14-26,27-15-5-2-6-16-27)33-20-10-12-22-35(33)38;12-9-5-6-10(14-11-13)8-4-2-1-3-7(8)9/h1-31H;1-25H;1-6,13H. The molecule has 2 nitrogen and oxygen atoms in total. The second-order valence-electron chi connectivity index (χ2n) is 26.6. The lowest BCUT2D eigenvalue weighted by Gasteiger charge is -2.50. The first kappa shape index (κ1) is 62.9. The van der Waals surface area contributed by atoms with Gasteiger partial charge < -0.3 is 9.68 Å². The molecule has 4 aliphatic carbocycles. The van der Waals surface area contributed by atoms with Gasteiger partial charge in [-0.15, -0.1) is 0 Å². The van der Waals surface area contributed by atoms with Gasteiger partial charge in [-0.2, -0.15) is 0 Å². The molecule has 16 aromatic rings. The van der Waals surface area contributed by atoms with E-state index in [4.69, 9.17) is 44.5 Å². The summed E-state index contributed by atoms with van der Waals surface area (Å²) in [7, 11) is 0.662. The first-order chi connectivity index (χ1) is 50.3. The summed E-state index contributed by atoms with van der Waals surface area (Å²) in [5.41, 5.74) is 26.3. The molecule has 16 aromatic carbocycles. The molecule has 2 spiro atoms. The molecule has 0 bridgehead atoms. The zero-order chi connectivity index (χ0) is 68.6. The van der Waals surface area contributed by atoms with Crippen molar-refractivity contribution in [3.05, 3.63) is 480 Å². The van der Waals surface area contributed by atoms with Gasteiger partial charge in [0.05, 0.1) is 21.7 Å². The summed E-state index contributed by atoms with van der Waals surface area (Å²) < 4.78 is 4.95. The van der Waals surface area contributed by atoms with Crippen molar-refractivity contribution >= 4 is 64.0 Å². The number of rotatable bonds is 7. The lowest BCUT2D eigenvalue weighted by atomic mass is 9.51. The Bertz CT molecular complexity index is 5740. The Morgan fingerprint density at radius 2 is 0.520 bits per heavy atom. The second-order valence-corrected chi connectivity index (χ2v) is 27.9. The molecule has 1 radical (unpaired) electrons. The maximum atomic E-state index is 8.57. The van der Waals surface area contributed by atoms with E-state index < -0.39 is 21.7 Å². The molecule has 4 aliphatic rings. The second kappa shape index (κ2) is 25.4. The van der Waals surface area contributed by atoms with Crippen LogP contribution in [0.15, 0.2) is 376 Å². The highest BCUT2D eigenvalue weighted by Gasteiger charge is 2.59. The van der Waals surface area contributed by atoms with Crippen LogP contribution in [0.4, 0.5) is 0 Å². The number of hydrogen-bond donors (Lipinski definition) is 1. The molecule has 0 saturated carbocycles. The summed E-state index contributed by atoms with van der Waals surface area (Å²) in [5, 5.41) is 14.8. The van der Waals surface area contributed by atoms with Crippen molar-refractivity contribution in [1.29, 1.82) is 0 Å². The maximum Gasteiger partial charge on any atom is 0.569 e. The van der Waals surface area contributed by atoms with Crippen LogP contribution in [0.2, 0.25) is 15.1 Å². The normalized spacial score (nSPS) is 14.2. The maximum absolute atomic E-state index is 8.57. The molecule has 0 unspecified atom stereocenters. The van der Waals surface area contributed by atoms with Crippen LogP contribution in [0.5, 0.6) is 5.75 Å². The average Bonchev–Trinajstić information content (AvgIpc) is 1.36. The van der Waals surface area contributed by atoms with E-state index >= 15 is 0 Å². The number of benzene rings is 16. The van der Waals surface area contributed by atoms with E-state index in [9.17, 15) is 0 Å². The van der Waals surface area contributed by atoms with Gasteiger partial charge in [0.15, 0.2) is 0 Å². The number of halogens is 3. The Balaban J connectivity index is 0.000000125. The van der Waals surface area contributed by atoms with Gasteiger partial charge in [-0.3, -0.25) is 0 Å². The Morgan fingerprint density at radius 1 is 0.225 bits per heavy atom. The van der Waals surface area contributed by atoms with E-state index in [0.717, 1.165) is 31.6 Å². The molecule has 483 valence electrons. The Labute approximate surface area is 610 Å². The Hall–Kier alpha value is -11.3. The molecule has 0 fully saturated rings. The first-order valence-electron chi connectivity index (χ1n) is 34.6. The molecular formula is C96H63BCl3O2. The lowest BCUT2D eigenvalue weighted by Crippen LogP contribution is -2.44. The summed E-state index contributed by atoms with van der Waals surface area (Å²) in [6, 6.07) is 136. The predicted molar refractivity (Wildman–Crippen MR) is 422 cm³/mol. The van der Waals surface area contributed by atoms with Crippen molar-refractivity contribution < 1.29 is 9.68 Å². The van der Waals surface area contributed by atoms with Gasteiger partial charge in [0.25, 0.3) is 0 Å². The third-order valence-corrected chi connectivity index (χ3v) is 22.9. The first-order valence-corrected chi connectivity index (χ1v) is 35.7. The fourth-order valence-electron chi connectivity index (χ4n) is 18.2. The molecule has 0 aliphatic heterocycles. The van der Waals surface area contributed by atoms with Crippen LogP contribution in [0, 0.1) is 0 Å². The lowest BCUT2D eigenvalue weighted by molar-refractivity contribution is 0.456. The highest BCUT2D eigenvalue weighted by molar-refractivity contribution is 6.36. The van der Waals surface area contributed by atoms with Gasteiger partial charge in [0.2, 0.25) is 0 Å². The van der Waals surface area contributed by atoms with Crippen LogP contribution in [0.3, 0.4) is 0 Å². The van der Waals surface area contributed by atoms with Gasteiger partial charge in [-0.25, -0.2) is 0 Å². The molecule has 0 aromatic heterocycles. The zero-order valence-corrected chi connectivity index (χ0v) is 57.6. The summed E-state index contributed by atoms with van der Waals surface area (Å²) in [6.45, 7) is 0. The molecule has 0 heterocycles. The van der Waals surface area contributed by atoms with Crippen LogP contribution < -0.4 is 4.65 Å². The minimum Gasteiger partial charge on any atom is -0.537 e. The largest absolute Gasteiger partial charge is 0.569 e. The van der Waals surface area contributed by atoms with Crippen molar-refractivity contribution in [1.82, 2.24) is 0 Å². The molecule has 20 rings (SSSR count). The molecule has 0 saturated heterocycles. The smallest absolute Gasteiger partial charge is 0.537 e. The summed E-state index contributed by atoms with van der Waals surface area (Å²) in [5.74, 6) is 0.590. The predicted octanol–water partition coefficient (Wildman–Crippen LogP) is 24.0. The van der Waals surface area contributed by atoms with Crippen LogP contribution in [-0.2, 0) is 21.7 Å². The van der Waals surface area contributed by atoms with E-state index in [0.29, 0.717) is 18.5 Å². The van der Waals surface area contributed by atoms with Gasteiger partial charge in [-0.05, 0) is 164 Å². The summed E-state index contributed by atoms with van der Waals surface area (Å²) >= 11 is 19.5. The van der Waals surface area contributed by atoms with E-state index in [1.165, 1.54) is 122 Å². The zero-order valence-electron chi connectivity index (χ0n) is 55.4. The van der Waals surface area contributed by atoms with Crippen LogP contribution in [-0.4, -0.2) is 12.7 Å². The molecule has 0 atom stereocenters. The minimum atomic E-state index is -0.523. The highest BCUT2D eigenvalue weighted by Crippen LogP contribution is 2.67. The van der Waals surface area contributed by atoms with Crippen LogP contribution in [0.1, 0.15) is 89.0 Å². The number of fused-ring (bicyclic) bond motifs is 20. The van der Waals surface area contributed by atoms with Gasteiger partial charge in [0, 0.05) is 31.2 Å². The van der Waals surface area contributed by atoms with Crippen LogP contribution in [0.25, 0.3) is 54.9 Å². The molecule has 1 N–H and O–H groups in total. The average molecular weight is 1370 g/mol. The fraction of sp³-hybridized carbons (Fsp3) is 0.0417. The summed E-state index contributed by atoms with van der Waals surface area (Å²) in [4.78, 5) is 0. The van der Waals surface area contributed by atoms with Crippen molar-refractivity contribution in [3.8, 4) is 39.1 Å². The SMILES string of the molecule is Clc1ccc(-c2ccc3c(c2)C2(c4ccccc4-3)c3ccccc3C(c3ccccc3)(c3ccccc3)c3ccccc32)c2ccccc12.Clc1ccc2c(c1)C1(c3ccccc3-2)c2ccccc2C(c2ccccc2)(c2ccccc2)c2ccccc21.O[B]Oc1ccc(Cl)c2ccccc12. The van der Waals surface area contributed by atoms with Crippen molar-refractivity contribution in [2.75, 3.05) is 0 Å². The third kappa shape index (κ3) is 9.25. The monoisotopic (exact) mass is 1360 g/mol. The quantitative estimate of drug-likeness (QED) is 0.161. The minimum absolute atomic E-state index is 0.475.